The minimum absolute atomic E-state index is 0.0658. The SMILES string of the molecule is CCC1CCC(O)(CNCc2cc(O)cc(F)c2)CC1. The van der Waals surface area contributed by atoms with E-state index >= 15 is 0 Å². The number of phenols is 1. The molecule has 0 spiro atoms. The number of hydrogen-bond acceptors (Lipinski definition) is 3. The Bertz CT molecular complexity index is 422. The second kappa shape index (κ2) is 6.55. The summed E-state index contributed by atoms with van der Waals surface area (Å²) in [6, 6.07) is 4.02. The number of phenolic OH excluding ortho intramolecular Hbond substituents is 1. The third kappa shape index (κ3) is 4.18. The summed E-state index contributed by atoms with van der Waals surface area (Å²) in [5, 5.41) is 23.0. The predicted molar refractivity (Wildman–Crippen MR) is 77.0 cm³/mol. The first-order valence-corrected chi connectivity index (χ1v) is 7.42. The molecule has 0 amide bonds. The van der Waals surface area contributed by atoms with Crippen LogP contribution >= 0.6 is 0 Å². The molecule has 0 saturated heterocycles. The van der Waals surface area contributed by atoms with Gasteiger partial charge in [-0.1, -0.05) is 13.3 Å². The fourth-order valence-corrected chi connectivity index (χ4v) is 2.97. The molecular weight excluding hydrogens is 257 g/mol. The van der Waals surface area contributed by atoms with E-state index in [0.717, 1.165) is 37.7 Å². The predicted octanol–water partition coefficient (Wildman–Crippen LogP) is 2.95. The molecule has 0 aliphatic heterocycles. The first-order valence-electron chi connectivity index (χ1n) is 7.42. The summed E-state index contributed by atoms with van der Waals surface area (Å²) in [4.78, 5) is 0. The Morgan fingerprint density at radius 1 is 1.30 bits per heavy atom. The van der Waals surface area contributed by atoms with Crippen LogP contribution < -0.4 is 5.32 Å². The van der Waals surface area contributed by atoms with Gasteiger partial charge in [-0.05, 0) is 49.3 Å². The third-order valence-corrected chi connectivity index (χ3v) is 4.34. The summed E-state index contributed by atoms with van der Waals surface area (Å²) >= 11 is 0. The second-order valence-electron chi connectivity index (χ2n) is 6.00. The fraction of sp³-hybridized carbons (Fsp3) is 0.625. The van der Waals surface area contributed by atoms with Gasteiger partial charge in [-0.2, -0.15) is 0 Å². The highest BCUT2D eigenvalue weighted by Crippen LogP contribution is 2.33. The molecule has 1 saturated carbocycles. The van der Waals surface area contributed by atoms with Crippen molar-refractivity contribution >= 4 is 0 Å². The lowest BCUT2D eigenvalue weighted by Crippen LogP contribution is -2.43. The van der Waals surface area contributed by atoms with Crippen LogP contribution in [0.2, 0.25) is 0 Å². The number of hydrogen-bond donors (Lipinski definition) is 3. The molecule has 20 heavy (non-hydrogen) atoms. The minimum Gasteiger partial charge on any atom is -0.508 e. The molecule has 0 bridgehead atoms. The Hall–Kier alpha value is -1.13. The first-order chi connectivity index (χ1) is 9.50. The van der Waals surface area contributed by atoms with Gasteiger partial charge in [0, 0.05) is 19.2 Å². The lowest BCUT2D eigenvalue weighted by Gasteiger charge is -2.36. The van der Waals surface area contributed by atoms with Crippen molar-refractivity contribution in [3.63, 3.8) is 0 Å². The van der Waals surface area contributed by atoms with E-state index in [1.807, 2.05) is 0 Å². The number of nitrogens with one attached hydrogen (secondary N) is 1. The first kappa shape index (κ1) is 15.3. The van der Waals surface area contributed by atoms with Crippen molar-refractivity contribution < 1.29 is 14.6 Å². The Labute approximate surface area is 119 Å². The van der Waals surface area contributed by atoms with Gasteiger partial charge in [0.25, 0.3) is 0 Å². The van der Waals surface area contributed by atoms with Crippen molar-refractivity contribution in [1.29, 1.82) is 0 Å². The van der Waals surface area contributed by atoms with E-state index in [2.05, 4.69) is 12.2 Å². The molecule has 0 radical (unpaired) electrons. The Balaban J connectivity index is 1.80. The molecular formula is C16H24FNO2. The van der Waals surface area contributed by atoms with E-state index in [1.54, 1.807) is 0 Å². The van der Waals surface area contributed by atoms with Crippen molar-refractivity contribution in [3.05, 3.63) is 29.6 Å². The quantitative estimate of drug-likeness (QED) is 0.778. The molecule has 1 aromatic rings. The van der Waals surface area contributed by atoms with Crippen LogP contribution in [0.1, 0.15) is 44.6 Å². The average molecular weight is 281 g/mol. The maximum atomic E-state index is 13.1. The minimum atomic E-state index is -0.638. The average Bonchev–Trinajstić information content (AvgIpc) is 2.38. The highest BCUT2D eigenvalue weighted by molar-refractivity contribution is 5.28. The summed E-state index contributed by atoms with van der Waals surface area (Å²) < 4.78 is 13.1. The van der Waals surface area contributed by atoms with Gasteiger partial charge in [-0.15, -0.1) is 0 Å². The molecule has 1 aliphatic carbocycles. The lowest BCUT2D eigenvalue weighted by molar-refractivity contribution is -0.00881. The van der Waals surface area contributed by atoms with Crippen LogP contribution in [0, 0.1) is 11.7 Å². The van der Waals surface area contributed by atoms with Crippen LogP contribution in [0.25, 0.3) is 0 Å². The summed E-state index contributed by atoms with van der Waals surface area (Å²) in [5.41, 5.74) is 0.0504. The standard InChI is InChI=1S/C16H24FNO2/c1-2-12-3-5-16(20,6-4-12)11-18-10-13-7-14(17)9-15(19)8-13/h7-9,12,18-20H,2-6,10-11H2,1H3. The van der Waals surface area contributed by atoms with Gasteiger partial charge in [-0.25, -0.2) is 4.39 Å². The second-order valence-corrected chi connectivity index (χ2v) is 6.00. The molecule has 0 heterocycles. The van der Waals surface area contributed by atoms with Gasteiger partial charge in [0.1, 0.15) is 11.6 Å². The van der Waals surface area contributed by atoms with Gasteiger partial charge in [-0.3, -0.25) is 0 Å². The molecule has 0 unspecified atom stereocenters. The molecule has 112 valence electrons. The zero-order valence-electron chi connectivity index (χ0n) is 12.0. The van der Waals surface area contributed by atoms with Gasteiger partial charge >= 0.3 is 0 Å². The van der Waals surface area contributed by atoms with E-state index < -0.39 is 11.4 Å². The number of rotatable bonds is 5. The normalized spacial score (nSPS) is 26.6. The highest BCUT2D eigenvalue weighted by Gasteiger charge is 2.31. The van der Waals surface area contributed by atoms with Gasteiger partial charge in [0.05, 0.1) is 5.60 Å². The van der Waals surface area contributed by atoms with Crippen molar-refractivity contribution in [1.82, 2.24) is 5.32 Å². The summed E-state index contributed by atoms with van der Waals surface area (Å²) in [7, 11) is 0. The maximum Gasteiger partial charge on any atom is 0.127 e. The van der Waals surface area contributed by atoms with Gasteiger partial charge in [0.15, 0.2) is 0 Å². The maximum absolute atomic E-state index is 13.1. The lowest BCUT2D eigenvalue weighted by atomic mass is 9.78. The van der Waals surface area contributed by atoms with Crippen LogP contribution in [0.4, 0.5) is 4.39 Å². The Morgan fingerprint density at radius 3 is 2.60 bits per heavy atom. The van der Waals surface area contributed by atoms with Gasteiger partial charge in [0.2, 0.25) is 0 Å². The molecule has 1 aliphatic rings. The van der Waals surface area contributed by atoms with E-state index in [4.69, 9.17) is 0 Å². The summed E-state index contributed by atoms with van der Waals surface area (Å²) in [6.45, 7) is 3.16. The molecule has 0 aromatic heterocycles. The monoisotopic (exact) mass is 281 g/mol. The van der Waals surface area contributed by atoms with E-state index in [9.17, 15) is 14.6 Å². The summed E-state index contributed by atoms with van der Waals surface area (Å²) in [6.07, 6.45) is 5.00. The van der Waals surface area contributed by atoms with Crippen LogP contribution in [0.3, 0.4) is 0 Å². The highest BCUT2D eigenvalue weighted by atomic mass is 19.1. The summed E-state index contributed by atoms with van der Waals surface area (Å²) in [5.74, 6) is 0.239. The van der Waals surface area contributed by atoms with Crippen LogP contribution in [-0.4, -0.2) is 22.4 Å². The molecule has 1 fully saturated rings. The van der Waals surface area contributed by atoms with Crippen LogP contribution in [0.5, 0.6) is 5.75 Å². The largest absolute Gasteiger partial charge is 0.508 e. The van der Waals surface area contributed by atoms with Crippen LogP contribution in [0.15, 0.2) is 18.2 Å². The molecule has 3 nitrogen and oxygen atoms in total. The smallest absolute Gasteiger partial charge is 0.127 e. The van der Waals surface area contributed by atoms with Crippen molar-refractivity contribution in [2.24, 2.45) is 5.92 Å². The number of aromatic hydroxyl groups is 1. The Morgan fingerprint density at radius 2 is 2.00 bits per heavy atom. The number of aliphatic hydroxyl groups is 1. The third-order valence-electron chi connectivity index (χ3n) is 4.34. The number of benzene rings is 1. The Kier molecular flexibility index (Phi) is 5.00. The van der Waals surface area contributed by atoms with E-state index in [-0.39, 0.29) is 5.75 Å². The number of halogens is 1. The molecule has 0 atom stereocenters. The van der Waals surface area contributed by atoms with Gasteiger partial charge < -0.3 is 15.5 Å². The van der Waals surface area contributed by atoms with Crippen LogP contribution in [-0.2, 0) is 6.54 Å². The molecule has 1 aromatic carbocycles. The van der Waals surface area contributed by atoms with Crippen molar-refractivity contribution in [3.8, 4) is 5.75 Å². The van der Waals surface area contributed by atoms with Crippen molar-refractivity contribution in [2.45, 2.75) is 51.2 Å². The zero-order valence-corrected chi connectivity index (χ0v) is 12.0. The zero-order chi connectivity index (χ0) is 14.6. The topological polar surface area (TPSA) is 52.5 Å². The fourth-order valence-electron chi connectivity index (χ4n) is 2.97. The molecule has 3 N–H and O–H groups in total. The van der Waals surface area contributed by atoms with Crippen molar-refractivity contribution in [2.75, 3.05) is 6.54 Å². The molecule has 4 heteroatoms. The van der Waals surface area contributed by atoms with E-state index in [1.165, 1.54) is 18.6 Å². The van der Waals surface area contributed by atoms with E-state index in [0.29, 0.717) is 18.7 Å². The molecule has 2 rings (SSSR count).